The lowest BCUT2D eigenvalue weighted by Crippen LogP contribution is -2.13. The summed E-state index contributed by atoms with van der Waals surface area (Å²) in [5, 5.41) is 12.0. The van der Waals surface area contributed by atoms with Crippen LogP contribution in [0.15, 0.2) is 6.07 Å². The van der Waals surface area contributed by atoms with Crippen molar-refractivity contribution in [2.24, 2.45) is 0 Å². The van der Waals surface area contributed by atoms with E-state index >= 15 is 0 Å². The zero-order valence-electron chi connectivity index (χ0n) is 13.1. The lowest BCUT2D eigenvalue weighted by molar-refractivity contribution is -0.116. The summed E-state index contributed by atoms with van der Waals surface area (Å²) in [5.74, 6) is 0.0936. The van der Waals surface area contributed by atoms with Crippen molar-refractivity contribution in [3.05, 3.63) is 26.4 Å². The molecule has 22 heavy (non-hydrogen) atoms. The summed E-state index contributed by atoms with van der Waals surface area (Å²) < 4.78 is 0. The molecule has 0 bridgehead atoms. The Hall–Kier alpha value is -1.60. The van der Waals surface area contributed by atoms with Gasteiger partial charge in [-0.2, -0.15) is 0 Å². The van der Waals surface area contributed by atoms with Gasteiger partial charge in [0.25, 0.3) is 0 Å². The quantitative estimate of drug-likeness (QED) is 0.810. The molecule has 0 atom stereocenters. The normalized spacial score (nSPS) is 11.0. The zero-order valence-corrected chi connectivity index (χ0v) is 14.7. The number of carbonyl (C=O) groups is 2. The van der Waals surface area contributed by atoms with E-state index in [-0.39, 0.29) is 30.4 Å². The van der Waals surface area contributed by atoms with Crippen molar-refractivity contribution in [3.8, 4) is 0 Å². The van der Waals surface area contributed by atoms with Crippen molar-refractivity contribution in [1.29, 1.82) is 0 Å². The number of carbonyl (C=O) groups excluding carboxylic acids is 2. The first-order valence-electron chi connectivity index (χ1n) is 7.10. The maximum Gasteiger partial charge on any atom is 0.226 e. The predicted octanol–water partition coefficient (Wildman–Crippen LogP) is 3.94. The second-order valence-electron chi connectivity index (χ2n) is 5.40. The van der Waals surface area contributed by atoms with E-state index in [0.717, 1.165) is 20.3 Å². The Balaban J connectivity index is 1.87. The number of hydrogen-bond donors (Lipinski definition) is 1. The highest BCUT2D eigenvalue weighted by molar-refractivity contribution is 7.15. The van der Waals surface area contributed by atoms with Gasteiger partial charge in [0, 0.05) is 34.1 Å². The van der Waals surface area contributed by atoms with E-state index in [2.05, 4.69) is 15.5 Å². The Morgan fingerprint density at radius 3 is 2.45 bits per heavy atom. The monoisotopic (exact) mass is 337 g/mol. The highest BCUT2D eigenvalue weighted by atomic mass is 32.1. The summed E-state index contributed by atoms with van der Waals surface area (Å²) in [4.78, 5) is 26.1. The molecule has 0 aliphatic rings. The van der Waals surface area contributed by atoms with Crippen molar-refractivity contribution >= 4 is 39.5 Å². The van der Waals surface area contributed by atoms with Gasteiger partial charge in [0.05, 0.1) is 0 Å². The van der Waals surface area contributed by atoms with Crippen LogP contribution >= 0.6 is 22.7 Å². The average molecular weight is 337 g/mol. The molecule has 0 aliphatic carbocycles. The maximum absolute atomic E-state index is 12.1. The van der Waals surface area contributed by atoms with Gasteiger partial charge >= 0.3 is 0 Å². The molecule has 118 valence electrons. The first-order valence-corrected chi connectivity index (χ1v) is 8.73. The van der Waals surface area contributed by atoms with Crippen LogP contribution in [-0.2, 0) is 4.79 Å². The zero-order chi connectivity index (χ0) is 16.3. The van der Waals surface area contributed by atoms with Crippen LogP contribution in [0.2, 0.25) is 0 Å². The second-order valence-corrected chi connectivity index (χ2v) is 7.87. The van der Waals surface area contributed by atoms with E-state index in [1.807, 2.05) is 33.8 Å². The van der Waals surface area contributed by atoms with Crippen LogP contribution in [0.4, 0.5) is 5.13 Å². The first kappa shape index (κ1) is 16.8. The van der Waals surface area contributed by atoms with Gasteiger partial charge in [-0.3, -0.25) is 9.59 Å². The van der Waals surface area contributed by atoms with E-state index in [9.17, 15) is 9.59 Å². The first-order chi connectivity index (χ1) is 10.4. The van der Waals surface area contributed by atoms with Gasteiger partial charge in [-0.1, -0.05) is 25.2 Å². The molecule has 0 fully saturated rings. The van der Waals surface area contributed by atoms with E-state index in [1.165, 1.54) is 11.3 Å². The topological polar surface area (TPSA) is 72.0 Å². The summed E-state index contributed by atoms with van der Waals surface area (Å²) in [6, 6.07) is 1.89. The number of rotatable bonds is 6. The molecule has 0 saturated heterocycles. The molecule has 0 radical (unpaired) electrons. The van der Waals surface area contributed by atoms with Crippen LogP contribution in [-0.4, -0.2) is 21.9 Å². The van der Waals surface area contributed by atoms with Gasteiger partial charge in [-0.15, -0.1) is 21.5 Å². The molecule has 2 heterocycles. The third-order valence-electron chi connectivity index (χ3n) is 3.10. The summed E-state index contributed by atoms with van der Waals surface area (Å²) in [6.45, 7) is 7.95. The number of amides is 1. The number of nitrogens with zero attached hydrogens (tertiary/aromatic N) is 2. The van der Waals surface area contributed by atoms with Crippen LogP contribution < -0.4 is 5.32 Å². The van der Waals surface area contributed by atoms with Crippen LogP contribution in [0.25, 0.3) is 0 Å². The van der Waals surface area contributed by atoms with Crippen molar-refractivity contribution in [1.82, 2.24) is 10.2 Å². The van der Waals surface area contributed by atoms with Gasteiger partial charge in [0.1, 0.15) is 5.01 Å². The molecule has 1 amide bonds. The van der Waals surface area contributed by atoms with Crippen molar-refractivity contribution in [3.63, 3.8) is 0 Å². The van der Waals surface area contributed by atoms with Crippen LogP contribution in [0.1, 0.15) is 57.7 Å². The number of anilines is 1. The number of ketones is 1. The summed E-state index contributed by atoms with van der Waals surface area (Å²) in [5.41, 5.74) is 0.730. The maximum atomic E-state index is 12.1. The number of nitrogens with one attached hydrogen (secondary N) is 1. The molecule has 2 rings (SSSR count). The number of hydrogen-bond acceptors (Lipinski definition) is 6. The number of thiophene rings is 1. The third-order valence-corrected chi connectivity index (χ3v) is 5.21. The standard InChI is InChI=1S/C15H19N3O2S2/c1-8(2)14-17-18-15(22-14)16-13(20)6-5-12(19)11-7-9(3)21-10(11)4/h7-8H,5-6H2,1-4H3,(H,16,18,20). The Morgan fingerprint density at radius 2 is 1.91 bits per heavy atom. The van der Waals surface area contributed by atoms with Crippen molar-refractivity contribution in [2.75, 3.05) is 5.32 Å². The fraction of sp³-hybridized carbons (Fsp3) is 0.467. The van der Waals surface area contributed by atoms with Gasteiger partial charge in [-0.25, -0.2) is 0 Å². The highest BCUT2D eigenvalue weighted by Crippen LogP contribution is 2.24. The molecule has 2 aromatic heterocycles. The minimum absolute atomic E-state index is 0.0112. The Labute approximate surface area is 137 Å². The van der Waals surface area contributed by atoms with E-state index in [0.29, 0.717) is 5.13 Å². The average Bonchev–Trinajstić information content (AvgIpc) is 3.03. The fourth-order valence-electron chi connectivity index (χ4n) is 1.97. The molecule has 0 unspecified atom stereocenters. The van der Waals surface area contributed by atoms with Gasteiger partial charge in [-0.05, 0) is 19.9 Å². The summed E-state index contributed by atoms with van der Waals surface area (Å²) >= 11 is 2.97. The Kier molecular flexibility index (Phi) is 5.42. The summed E-state index contributed by atoms with van der Waals surface area (Å²) in [7, 11) is 0. The number of aromatic nitrogens is 2. The Bertz CT molecular complexity index is 689. The van der Waals surface area contributed by atoms with Crippen LogP contribution in [0.5, 0.6) is 0 Å². The number of Topliss-reactive ketones (excluding diaryl/α,β-unsaturated/α-hetero) is 1. The largest absolute Gasteiger partial charge is 0.301 e. The lowest BCUT2D eigenvalue weighted by Gasteiger charge is -2.01. The van der Waals surface area contributed by atoms with Crippen molar-refractivity contribution in [2.45, 2.75) is 46.5 Å². The SMILES string of the molecule is Cc1cc(C(=O)CCC(=O)Nc2nnc(C(C)C)s2)c(C)s1. The number of aryl methyl sites for hydroxylation is 2. The molecule has 5 nitrogen and oxygen atoms in total. The molecule has 2 aromatic rings. The van der Waals surface area contributed by atoms with Crippen LogP contribution in [0.3, 0.4) is 0 Å². The molecule has 0 aromatic carbocycles. The Morgan fingerprint density at radius 1 is 1.18 bits per heavy atom. The van der Waals surface area contributed by atoms with Gasteiger partial charge in [0.2, 0.25) is 11.0 Å². The molecular formula is C15H19N3O2S2. The third kappa shape index (κ3) is 4.20. The molecule has 0 spiro atoms. The van der Waals surface area contributed by atoms with Gasteiger partial charge in [0.15, 0.2) is 5.78 Å². The van der Waals surface area contributed by atoms with Crippen molar-refractivity contribution < 1.29 is 9.59 Å². The molecule has 0 saturated carbocycles. The smallest absolute Gasteiger partial charge is 0.226 e. The molecule has 0 aliphatic heterocycles. The van der Waals surface area contributed by atoms with E-state index in [1.54, 1.807) is 11.3 Å². The summed E-state index contributed by atoms with van der Waals surface area (Å²) in [6.07, 6.45) is 0.364. The fourth-order valence-corrected chi connectivity index (χ4v) is 3.67. The molecular weight excluding hydrogens is 318 g/mol. The van der Waals surface area contributed by atoms with Gasteiger partial charge < -0.3 is 5.32 Å². The second kappa shape index (κ2) is 7.11. The minimum atomic E-state index is -0.204. The lowest BCUT2D eigenvalue weighted by atomic mass is 10.1. The van der Waals surface area contributed by atoms with E-state index < -0.39 is 0 Å². The predicted molar refractivity (Wildman–Crippen MR) is 90.0 cm³/mol. The van der Waals surface area contributed by atoms with Crippen LogP contribution in [0, 0.1) is 13.8 Å². The van der Waals surface area contributed by atoms with E-state index in [4.69, 9.17) is 0 Å². The minimum Gasteiger partial charge on any atom is -0.301 e. The molecule has 1 N–H and O–H groups in total. The highest BCUT2D eigenvalue weighted by Gasteiger charge is 2.15. The molecule has 7 heteroatoms.